The molecule has 2 aromatic heterocycles. The van der Waals surface area contributed by atoms with Crippen LogP contribution in [0.4, 0.5) is 5.69 Å². The number of aromatic amines is 1. The fraction of sp³-hybridized carbons (Fsp3) is 0.154. The summed E-state index contributed by atoms with van der Waals surface area (Å²) in [6, 6.07) is 8.54. The van der Waals surface area contributed by atoms with Crippen molar-refractivity contribution >= 4 is 11.5 Å². The van der Waals surface area contributed by atoms with Crippen LogP contribution in [0, 0.1) is 6.92 Å². The Morgan fingerprint density at radius 2 is 2.20 bits per heavy atom. The molecule has 2 heterocycles. The van der Waals surface area contributed by atoms with Crippen molar-refractivity contribution in [3.8, 4) is 5.75 Å². The maximum absolute atomic E-state index is 11.7. The Morgan fingerprint density at radius 1 is 1.35 bits per heavy atom. The van der Waals surface area contributed by atoms with Crippen LogP contribution >= 0.6 is 0 Å². The zero-order valence-corrected chi connectivity index (χ0v) is 10.8. The van der Waals surface area contributed by atoms with Gasteiger partial charge in [-0.25, -0.2) is 4.98 Å². The van der Waals surface area contributed by atoms with Gasteiger partial charge < -0.3 is 10.5 Å². The molecule has 0 amide bonds. The molecule has 0 radical (unpaired) electrons. The van der Waals surface area contributed by atoms with Gasteiger partial charge in [-0.2, -0.15) is 9.50 Å². The van der Waals surface area contributed by atoms with Crippen molar-refractivity contribution in [2.75, 3.05) is 5.73 Å². The molecule has 7 nitrogen and oxygen atoms in total. The lowest BCUT2D eigenvalue weighted by Crippen LogP contribution is -2.14. The molecule has 7 heteroatoms. The van der Waals surface area contributed by atoms with Gasteiger partial charge in [0.05, 0.1) is 0 Å². The minimum atomic E-state index is -0.199. The van der Waals surface area contributed by atoms with Crippen molar-refractivity contribution < 1.29 is 4.74 Å². The fourth-order valence-electron chi connectivity index (χ4n) is 1.86. The van der Waals surface area contributed by atoms with E-state index in [1.807, 2.05) is 0 Å². The SMILES string of the molecule is Cc1cc(=O)n2[nH]c(COc3cccc(N)c3)nc2n1. The van der Waals surface area contributed by atoms with Crippen LogP contribution in [0.1, 0.15) is 11.5 Å². The molecule has 1 aromatic carbocycles. The Balaban J connectivity index is 1.85. The van der Waals surface area contributed by atoms with Crippen molar-refractivity contribution in [1.82, 2.24) is 19.6 Å². The molecule has 20 heavy (non-hydrogen) atoms. The third kappa shape index (κ3) is 2.33. The number of H-pyrrole nitrogens is 1. The normalized spacial score (nSPS) is 10.8. The molecule has 0 spiro atoms. The fourth-order valence-corrected chi connectivity index (χ4v) is 1.86. The van der Waals surface area contributed by atoms with E-state index in [0.717, 1.165) is 0 Å². The summed E-state index contributed by atoms with van der Waals surface area (Å²) in [5.74, 6) is 1.49. The second kappa shape index (κ2) is 4.69. The number of aryl methyl sites for hydroxylation is 1. The number of nitrogens with zero attached hydrogens (tertiary/aromatic N) is 3. The zero-order valence-electron chi connectivity index (χ0n) is 10.8. The molecule has 0 aliphatic heterocycles. The molecule has 3 aromatic rings. The minimum absolute atomic E-state index is 0.199. The summed E-state index contributed by atoms with van der Waals surface area (Å²) in [5.41, 5.74) is 6.72. The van der Waals surface area contributed by atoms with Crippen LogP contribution in [-0.4, -0.2) is 19.6 Å². The predicted molar refractivity (Wildman–Crippen MR) is 73.5 cm³/mol. The summed E-state index contributed by atoms with van der Waals surface area (Å²) in [4.78, 5) is 20.1. The van der Waals surface area contributed by atoms with Gasteiger partial charge >= 0.3 is 0 Å². The Hall–Kier alpha value is -2.83. The smallest absolute Gasteiger partial charge is 0.274 e. The summed E-state index contributed by atoms with van der Waals surface area (Å²) in [6.45, 7) is 1.95. The van der Waals surface area contributed by atoms with E-state index in [-0.39, 0.29) is 12.2 Å². The van der Waals surface area contributed by atoms with Crippen molar-refractivity contribution in [2.24, 2.45) is 0 Å². The van der Waals surface area contributed by atoms with E-state index in [4.69, 9.17) is 10.5 Å². The number of hydrogen-bond acceptors (Lipinski definition) is 5. The van der Waals surface area contributed by atoms with Gasteiger partial charge in [-0.05, 0) is 19.1 Å². The average molecular weight is 271 g/mol. The summed E-state index contributed by atoms with van der Waals surface area (Å²) in [6.07, 6.45) is 0. The zero-order chi connectivity index (χ0) is 14.1. The van der Waals surface area contributed by atoms with E-state index in [1.165, 1.54) is 10.6 Å². The molecule has 0 aliphatic rings. The number of nitrogens with one attached hydrogen (secondary N) is 1. The van der Waals surface area contributed by atoms with Gasteiger partial charge in [0.15, 0.2) is 5.82 Å². The maximum atomic E-state index is 11.7. The molecule has 0 aliphatic carbocycles. The third-order valence-electron chi connectivity index (χ3n) is 2.74. The van der Waals surface area contributed by atoms with E-state index >= 15 is 0 Å². The second-order valence-corrected chi connectivity index (χ2v) is 4.40. The molecule has 0 atom stereocenters. The first-order valence-corrected chi connectivity index (χ1v) is 6.05. The lowest BCUT2D eigenvalue weighted by Gasteiger charge is -2.03. The monoisotopic (exact) mass is 271 g/mol. The Morgan fingerprint density at radius 3 is 3.00 bits per heavy atom. The van der Waals surface area contributed by atoms with Gasteiger partial charge in [-0.1, -0.05) is 6.07 Å². The molecular weight excluding hydrogens is 258 g/mol. The molecule has 0 bridgehead atoms. The minimum Gasteiger partial charge on any atom is -0.486 e. The number of ether oxygens (including phenoxy) is 1. The van der Waals surface area contributed by atoms with Gasteiger partial charge in [0.2, 0.25) is 0 Å². The number of benzene rings is 1. The standard InChI is InChI=1S/C13H13N5O2/c1-8-5-12(19)18-13(15-8)16-11(17-18)7-20-10-4-2-3-9(14)6-10/h2-6H,7,14H2,1H3,(H,15,16,17). The molecule has 3 rings (SSSR count). The van der Waals surface area contributed by atoms with Crippen LogP contribution in [0.2, 0.25) is 0 Å². The number of nitrogen functional groups attached to an aromatic ring is 1. The highest BCUT2D eigenvalue weighted by atomic mass is 16.5. The topological polar surface area (TPSA) is 98.3 Å². The number of fused-ring (bicyclic) bond motifs is 1. The lowest BCUT2D eigenvalue weighted by atomic mass is 10.3. The summed E-state index contributed by atoms with van der Waals surface area (Å²) in [5, 5.41) is 2.85. The highest BCUT2D eigenvalue weighted by Crippen LogP contribution is 2.15. The Labute approximate surface area is 114 Å². The van der Waals surface area contributed by atoms with Gasteiger partial charge in [0.1, 0.15) is 12.4 Å². The maximum Gasteiger partial charge on any atom is 0.274 e. The Kier molecular flexibility index (Phi) is 2.86. The molecule has 0 saturated carbocycles. The first-order chi connectivity index (χ1) is 9.61. The summed E-state index contributed by atoms with van der Waals surface area (Å²) >= 11 is 0. The molecule has 102 valence electrons. The number of hydrogen-bond donors (Lipinski definition) is 2. The first-order valence-electron chi connectivity index (χ1n) is 6.05. The lowest BCUT2D eigenvalue weighted by molar-refractivity contribution is 0.296. The van der Waals surface area contributed by atoms with Crippen LogP contribution in [-0.2, 0) is 6.61 Å². The molecule has 3 N–H and O–H groups in total. The number of aromatic nitrogens is 4. The van der Waals surface area contributed by atoms with Gasteiger partial charge in [0, 0.05) is 23.5 Å². The van der Waals surface area contributed by atoms with Crippen LogP contribution in [0.3, 0.4) is 0 Å². The van der Waals surface area contributed by atoms with Gasteiger partial charge in [-0.3, -0.25) is 9.89 Å². The molecule has 0 unspecified atom stereocenters. The van der Waals surface area contributed by atoms with E-state index < -0.39 is 0 Å². The third-order valence-corrected chi connectivity index (χ3v) is 2.74. The predicted octanol–water partition coefficient (Wildman–Crippen LogP) is 0.887. The van der Waals surface area contributed by atoms with Crippen molar-refractivity contribution in [1.29, 1.82) is 0 Å². The average Bonchev–Trinajstić information content (AvgIpc) is 2.80. The van der Waals surface area contributed by atoms with Crippen molar-refractivity contribution in [3.05, 3.63) is 52.2 Å². The highest BCUT2D eigenvalue weighted by molar-refractivity contribution is 5.43. The quantitative estimate of drug-likeness (QED) is 0.689. The van der Waals surface area contributed by atoms with E-state index in [2.05, 4.69) is 15.1 Å². The molecular formula is C13H13N5O2. The van der Waals surface area contributed by atoms with E-state index in [1.54, 1.807) is 31.2 Å². The highest BCUT2D eigenvalue weighted by Gasteiger charge is 2.07. The first kappa shape index (κ1) is 12.2. The van der Waals surface area contributed by atoms with Crippen LogP contribution < -0.4 is 16.0 Å². The van der Waals surface area contributed by atoms with E-state index in [9.17, 15) is 4.79 Å². The second-order valence-electron chi connectivity index (χ2n) is 4.40. The van der Waals surface area contributed by atoms with Gasteiger partial charge in [-0.15, -0.1) is 0 Å². The van der Waals surface area contributed by atoms with Crippen molar-refractivity contribution in [2.45, 2.75) is 13.5 Å². The van der Waals surface area contributed by atoms with E-state index in [0.29, 0.717) is 28.7 Å². The van der Waals surface area contributed by atoms with Crippen molar-refractivity contribution in [3.63, 3.8) is 0 Å². The van der Waals surface area contributed by atoms with Crippen LogP contribution in [0.15, 0.2) is 35.1 Å². The number of nitrogens with two attached hydrogens (primary N) is 1. The largest absolute Gasteiger partial charge is 0.486 e. The van der Waals surface area contributed by atoms with Crippen LogP contribution in [0.25, 0.3) is 5.78 Å². The number of anilines is 1. The van der Waals surface area contributed by atoms with Crippen LogP contribution in [0.5, 0.6) is 5.75 Å². The Bertz CT molecular complexity index is 821. The summed E-state index contributed by atoms with van der Waals surface area (Å²) in [7, 11) is 0. The molecule has 0 fully saturated rings. The van der Waals surface area contributed by atoms with Gasteiger partial charge in [0.25, 0.3) is 11.3 Å². The number of rotatable bonds is 3. The molecule has 0 saturated heterocycles. The summed E-state index contributed by atoms with van der Waals surface area (Å²) < 4.78 is 6.84.